The molecule has 1 heterocycles. The van der Waals surface area contributed by atoms with Gasteiger partial charge in [-0.25, -0.2) is 4.39 Å². The van der Waals surface area contributed by atoms with Crippen molar-refractivity contribution in [2.75, 3.05) is 32.7 Å². The zero-order chi connectivity index (χ0) is 19.5. The number of nitrogens with zero attached hydrogens (tertiary/aromatic N) is 2. The summed E-state index contributed by atoms with van der Waals surface area (Å²) in [5, 5.41) is 3.18. The van der Waals surface area contributed by atoms with Gasteiger partial charge in [0.15, 0.2) is 0 Å². The van der Waals surface area contributed by atoms with Crippen LogP contribution in [0.3, 0.4) is 0 Å². The van der Waals surface area contributed by atoms with Crippen LogP contribution in [0.1, 0.15) is 48.9 Å². The highest BCUT2D eigenvalue weighted by atomic mass is 19.1. The number of benzene rings is 1. The number of nitrogens with one attached hydrogen (secondary N) is 1. The molecule has 1 unspecified atom stereocenters. The van der Waals surface area contributed by atoms with Gasteiger partial charge in [0, 0.05) is 38.3 Å². The summed E-state index contributed by atoms with van der Waals surface area (Å²) >= 11 is 0. The van der Waals surface area contributed by atoms with E-state index >= 15 is 0 Å². The number of carbonyl (C=O) groups excluding carboxylic acids is 2. The van der Waals surface area contributed by atoms with E-state index in [9.17, 15) is 14.0 Å². The summed E-state index contributed by atoms with van der Waals surface area (Å²) in [4.78, 5) is 29.7. The van der Waals surface area contributed by atoms with E-state index in [2.05, 4.69) is 10.2 Å². The molecule has 6 heteroatoms. The van der Waals surface area contributed by atoms with Gasteiger partial charge in [-0.2, -0.15) is 0 Å². The SMILES string of the molecule is O=C(NCC1CC1)C(C1CCCC1)N1CCN(C(=O)c2cccc(F)c2)CC1. The molecule has 2 amide bonds. The molecule has 0 bridgehead atoms. The third-order valence-corrected chi connectivity index (χ3v) is 6.44. The Morgan fingerprint density at radius 3 is 2.43 bits per heavy atom. The molecule has 0 spiro atoms. The Labute approximate surface area is 166 Å². The van der Waals surface area contributed by atoms with Crippen molar-refractivity contribution in [1.82, 2.24) is 15.1 Å². The number of hydrogen-bond acceptors (Lipinski definition) is 3. The number of rotatable bonds is 6. The lowest BCUT2D eigenvalue weighted by Crippen LogP contribution is -2.58. The highest BCUT2D eigenvalue weighted by molar-refractivity contribution is 5.94. The summed E-state index contributed by atoms with van der Waals surface area (Å²) < 4.78 is 13.4. The average molecular weight is 387 g/mol. The molecule has 2 saturated carbocycles. The molecule has 1 aromatic rings. The van der Waals surface area contributed by atoms with Crippen LogP contribution in [0, 0.1) is 17.7 Å². The first-order chi connectivity index (χ1) is 13.6. The zero-order valence-electron chi connectivity index (χ0n) is 16.4. The molecular weight excluding hydrogens is 357 g/mol. The lowest BCUT2D eigenvalue weighted by atomic mass is 9.95. The van der Waals surface area contributed by atoms with Crippen LogP contribution in [-0.4, -0.2) is 60.4 Å². The van der Waals surface area contributed by atoms with Gasteiger partial charge in [-0.1, -0.05) is 18.9 Å². The van der Waals surface area contributed by atoms with Gasteiger partial charge in [0.1, 0.15) is 5.82 Å². The number of hydrogen-bond donors (Lipinski definition) is 1. The molecule has 0 radical (unpaired) electrons. The van der Waals surface area contributed by atoms with Crippen LogP contribution >= 0.6 is 0 Å². The van der Waals surface area contributed by atoms with Gasteiger partial charge in [0.05, 0.1) is 6.04 Å². The van der Waals surface area contributed by atoms with E-state index in [0.29, 0.717) is 43.6 Å². The molecule has 1 aromatic carbocycles. The third-order valence-electron chi connectivity index (χ3n) is 6.44. The summed E-state index contributed by atoms with van der Waals surface area (Å²) in [5.41, 5.74) is 0.392. The van der Waals surface area contributed by atoms with Crippen LogP contribution in [0.25, 0.3) is 0 Å². The van der Waals surface area contributed by atoms with Gasteiger partial charge in [0.25, 0.3) is 5.91 Å². The predicted molar refractivity (Wildman–Crippen MR) is 105 cm³/mol. The summed E-state index contributed by atoms with van der Waals surface area (Å²) in [5.74, 6) is 0.746. The Bertz CT molecular complexity index is 707. The molecule has 3 fully saturated rings. The summed E-state index contributed by atoms with van der Waals surface area (Å²) in [7, 11) is 0. The largest absolute Gasteiger partial charge is 0.354 e. The molecule has 1 saturated heterocycles. The molecule has 0 aromatic heterocycles. The van der Waals surface area contributed by atoms with Crippen molar-refractivity contribution < 1.29 is 14.0 Å². The second-order valence-corrected chi connectivity index (χ2v) is 8.52. The van der Waals surface area contributed by atoms with Gasteiger partial charge < -0.3 is 10.2 Å². The Morgan fingerprint density at radius 1 is 1.07 bits per heavy atom. The van der Waals surface area contributed by atoms with Crippen LogP contribution in [0.2, 0.25) is 0 Å². The fraction of sp³-hybridized carbons (Fsp3) is 0.636. The minimum absolute atomic E-state index is 0.0762. The number of halogens is 1. The molecule has 4 rings (SSSR count). The molecule has 28 heavy (non-hydrogen) atoms. The normalized spacial score (nSPS) is 22.2. The molecule has 1 N–H and O–H groups in total. The number of amides is 2. The van der Waals surface area contributed by atoms with Gasteiger partial charge in [-0.05, 0) is 55.7 Å². The first kappa shape index (κ1) is 19.4. The quantitative estimate of drug-likeness (QED) is 0.817. The van der Waals surface area contributed by atoms with Crippen LogP contribution < -0.4 is 5.32 Å². The van der Waals surface area contributed by atoms with Crippen LogP contribution in [0.4, 0.5) is 4.39 Å². The van der Waals surface area contributed by atoms with Crippen LogP contribution in [0.15, 0.2) is 24.3 Å². The predicted octanol–water partition coefficient (Wildman–Crippen LogP) is 2.67. The van der Waals surface area contributed by atoms with E-state index in [1.54, 1.807) is 17.0 Å². The van der Waals surface area contributed by atoms with Gasteiger partial charge in [-0.3, -0.25) is 14.5 Å². The van der Waals surface area contributed by atoms with Crippen molar-refractivity contribution >= 4 is 11.8 Å². The fourth-order valence-electron chi connectivity index (χ4n) is 4.63. The highest BCUT2D eigenvalue weighted by Gasteiger charge is 2.37. The van der Waals surface area contributed by atoms with E-state index in [1.165, 1.54) is 37.8 Å². The van der Waals surface area contributed by atoms with Crippen molar-refractivity contribution in [2.24, 2.45) is 11.8 Å². The summed E-state index contributed by atoms with van der Waals surface area (Å²) in [6, 6.07) is 5.79. The maximum absolute atomic E-state index is 13.4. The second-order valence-electron chi connectivity index (χ2n) is 8.52. The van der Waals surface area contributed by atoms with E-state index in [1.807, 2.05) is 0 Å². The lowest BCUT2D eigenvalue weighted by Gasteiger charge is -2.40. The fourth-order valence-corrected chi connectivity index (χ4v) is 4.63. The highest BCUT2D eigenvalue weighted by Crippen LogP contribution is 2.32. The van der Waals surface area contributed by atoms with Crippen molar-refractivity contribution in [3.8, 4) is 0 Å². The minimum Gasteiger partial charge on any atom is -0.354 e. The number of piperazine rings is 1. The van der Waals surface area contributed by atoms with Gasteiger partial charge >= 0.3 is 0 Å². The first-order valence-corrected chi connectivity index (χ1v) is 10.7. The molecule has 152 valence electrons. The van der Waals surface area contributed by atoms with Crippen LogP contribution in [0.5, 0.6) is 0 Å². The number of carbonyl (C=O) groups is 2. The van der Waals surface area contributed by atoms with Crippen molar-refractivity contribution in [3.63, 3.8) is 0 Å². The van der Waals surface area contributed by atoms with Crippen molar-refractivity contribution in [3.05, 3.63) is 35.6 Å². The topological polar surface area (TPSA) is 52.7 Å². The summed E-state index contributed by atoms with van der Waals surface area (Å²) in [6.07, 6.45) is 7.10. The van der Waals surface area contributed by atoms with E-state index in [4.69, 9.17) is 0 Å². The summed E-state index contributed by atoms with van der Waals surface area (Å²) in [6.45, 7) is 3.35. The van der Waals surface area contributed by atoms with Crippen molar-refractivity contribution in [1.29, 1.82) is 0 Å². The molecule has 3 aliphatic rings. The van der Waals surface area contributed by atoms with E-state index < -0.39 is 5.82 Å². The van der Waals surface area contributed by atoms with Gasteiger partial charge in [-0.15, -0.1) is 0 Å². The van der Waals surface area contributed by atoms with Gasteiger partial charge in [0.2, 0.25) is 5.91 Å². The van der Waals surface area contributed by atoms with E-state index in [0.717, 1.165) is 19.4 Å². The monoisotopic (exact) mass is 387 g/mol. The Balaban J connectivity index is 1.37. The lowest BCUT2D eigenvalue weighted by molar-refractivity contribution is -0.129. The van der Waals surface area contributed by atoms with Crippen LogP contribution in [-0.2, 0) is 4.79 Å². The Hall–Kier alpha value is -1.95. The standard InChI is InChI=1S/C22H30FN3O2/c23-19-7-3-6-18(14-19)22(28)26-12-10-25(11-13-26)20(17-4-1-2-5-17)21(27)24-15-16-8-9-16/h3,6-7,14,16-17,20H,1-2,4-5,8-13,15H2,(H,24,27). The molecule has 2 aliphatic carbocycles. The molecule has 5 nitrogen and oxygen atoms in total. The Morgan fingerprint density at radius 2 is 1.79 bits per heavy atom. The zero-order valence-corrected chi connectivity index (χ0v) is 16.4. The smallest absolute Gasteiger partial charge is 0.254 e. The average Bonchev–Trinajstić information content (AvgIpc) is 3.40. The molecule has 1 aliphatic heterocycles. The minimum atomic E-state index is -0.391. The molecule has 1 atom stereocenters. The maximum Gasteiger partial charge on any atom is 0.254 e. The molecular formula is C22H30FN3O2. The van der Waals surface area contributed by atoms with E-state index in [-0.39, 0.29) is 17.9 Å². The van der Waals surface area contributed by atoms with Crippen molar-refractivity contribution in [2.45, 2.75) is 44.6 Å². The maximum atomic E-state index is 13.4. The third kappa shape index (κ3) is 4.54. The first-order valence-electron chi connectivity index (χ1n) is 10.7. The Kier molecular flexibility index (Phi) is 5.95. The second kappa shape index (κ2) is 8.60.